The average molecular weight is 388 g/mol. The number of carbonyl (C=O) groups excluding carboxylic acids is 1. The van der Waals surface area contributed by atoms with Gasteiger partial charge in [-0.05, 0) is 34.1 Å². The Kier molecular flexibility index (Phi) is 5.80. The number of hydrogen-bond donors (Lipinski definition) is 1. The third-order valence-electron chi connectivity index (χ3n) is 2.68. The molecule has 118 valence electrons. The van der Waals surface area contributed by atoms with Crippen molar-refractivity contribution in [1.29, 1.82) is 0 Å². The van der Waals surface area contributed by atoms with E-state index in [-0.39, 0.29) is 28.1 Å². The first-order chi connectivity index (χ1) is 9.57. The van der Waals surface area contributed by atoms with Crippen LogP contribution in [0.3, 0.4) is 0 Å². The Bertz CT molecular complexity index is 629. The highest BCUT2D eigenvalue weighted by Gasteiger charge is 2.31. The Morgan fingerprint density at radius 2 is 1.95 bits per heavy atom. The molecule has 0 fully saturated rings. The van der Waals surface area contributed by atoms with Crippen molar-refractivity contribution in [2.45, 2.75) is 13.1 Å². The second-order valence-corrected chi connectivity index (χ2v) is 7.51. The number of alkyl halides is 3. The molecule has 21 heavy (non-hydrogen) atoms. The van der Waals surface area contributed by atoms with E-state index in [9.17, 15) is 26.4 Å². The Hall–Kier alpha value is -1.09. The Morgan fingerprint density at radius 3 is 2.48 bits per heavy atom. The fourth-order valence-electron chi connectivity index (χ4n) is 1.44. The van der Waals surface area contributed by atoms with Crippen molar-refractivity contribution >= 4 is 31.7 Å². The first kappa shape index (κ1) is 18.0. The van der Waals surface area contributed by atoms with Crippen molar-refractivity contribution in [3.8, 4) is 0 Å². The first-order valence-electron chi connectivity index (χ1n) is 5.92. The third-order valence-corrected chi connectivity index (χ3v) is 5.07. The van der Waals surface area contributed by atoms with Crippen LogP contribution in [0.1, 0.15) is 22.8 Å². The monoisotopic (exact) mass is 387 g/mol. The number of sulfone groups is 1. The molecule has 0 aliphatic carbocycles. The minimum absolute atomic E-state index is 0.0594. The van der Waals surface area contributed by atoms with Crippen molar-refractivity contribution in [2.24, 2.45) is 0 Å². The molecule has 4 nitrogen and oxygen atoms in total. The lowest BCUT2D eigenvalue weighted by atomic mass is 10.1. The van der Waals surface area contributed by atoms with E-state index in [1.54, 1.807) is 0 Å². The predicted octanol–water partition coefficient (Wildman–Crippen LogP) is 2.63. The van der Waals surface area contributed by atoms with Crippen molar-refractivity contribution < 1.29 is 26.4 Å². The van der Waals surface area contributed by atoms with Gasteiger partial charge in [0.05, 0.1) is 16.9 Å². The summed E-state index contributed by atoms with van der Waals surface area (Å²) < 4.78 is 60.5. The zero-order valence-electron chi connectivity index (χ0n) is 11.0. The van der Waals surface area contributed by atoms with Crippen LogP contribution in [0.4, 0.5) is 13.2 Å². The number of halogens is 4. The van der Waals surface area contributed by atoms with E-state index in [2.05, 4.69) is 21.2 Å². The maximum Gasteiger partial charge on any atom is 0.416 e. The van der Waals surface area contributed by atoms with Gasteiger partial charge in [-0.3, -0.25) is 4.79 Å². The lowest BCUT2D eigenvalue weighted by Crippen LogP contribution is -2.30. The summed E-state index contributed by atoms with van der Waals surface area (Å²) in [6, 6.07) is 2.69. The van der Waals surface area contributed by atoms with Crippen molar-refractivity contribution in [1.82, 2.24) is 5.32 Å². The molecule has 1 aromatic rings. The Labute approximate surface area is 128 Å². The second kappa shape index (κ2) is 6.78. The molecule has 0 radical (unpaired) electrons. The predicted molar refractivity (Wildman–Crippen MR) is 75.8 cm³/mol. The van der Waals surface area contributed by atoms with E-state index in [1.165, 1.54) is 6.92 Å². The summed E-state index contributed by atoms with van der Waals surface area (Å²) in [5.74, 6) is -1.08. The molecule has 0 saturated carbocycles. The van der Waals surface area contributed by atoms with E-state index in [0.717, 1.165) is 12.1 Å². The maximum atomic E-state index is 12.6. The lowest BCUT2D eigenvalue weighted by molar-refractivity contribution is -0.137. The molecule has 0 spiro atoms. The molecule has 1 N–H and O–H groups in total. The molecule has 0 atom stereocenters. The molecule has 0 saturated heterocycles. The second-order valence-electron chi connectivity index (χ2n) is 4.18. The Balaban J connectivity index is 2.83. The number of amides is 1. The highest BCUT2D eigenvalue weighted by Crippen LogP contribution is 2.31. The summed E-state index contributed by atoms with van der Waals surface area (Å²) in [4.78, 5) is 11.8. The highest BCUT2D eigenvalue weighted by atomic mass is 79.9. The molecular weight excluding hydrogens is 375 g/mol. The summed E-state index contributed by atoms with van der Waals surface area (Å²) in [5.41, 5.74) is -1.14. The van der Waals surface area contributed by atoms with Gasteiger partial charge in [-0.15, -0.1) is 0 Å². The van der Waals surface area contributed by atoms with Gasteiger partial charge in [0.2, 0.25) is 0 Å². The summed E-state index contributed by atoms with van der Waals surface area (Å²) in [6.45, 7) is 1.32. The van der Waals surface area contributed by atoms with Crippen LogP contribution in [0.25, 0.3) is 0 Å². The van der Waals surface area contributed by atoms with Crippen molar-refractivity contribution in [3.63, 3.8) is 0 Å². The van der Waals surface area contributed by atoms with Gasteiger partial charge >= 0.3 is 6.18 Å². The molecule has 0 unspecified atom stereocenters. The summed E-state index contributed by atoms with van der Waals surface area (Å²) in [7, 11) is -3.25. The fraction of sp³-hybridized carbons (Fsp3) is 0.417. The molecule has 1 rings (SSSR count). The molecule has 9 heteroatoms. The van der Waals surface area contributed by atoms with E-state index < -0.39 is 27.5 Å². The molecule has 1 amide bonds. The van der Waals surface area contributed by atoms with Gasteiger partial charge in [0, 0.05) is 16.8 Å². The van der Waals surface area contributed by atoms with Crippen molar-refractivity contribution in [3.05, 3.63) is 33.8 Å². The SMILES string of the molecule is CCS(=O)(=O)CCNC(=O)c1cc(C(F)(F)F)ccc1Br. The smallest absolute Gasteiger partial charge is 0.351 e. The van der Waals surface area contributed by atoms with Crippen LogP contribution in [-0.2, 0) is 16.0 Å². The van der Waals surface area contributed by atoms with Crippen LogP contribution in [0, 0.1) is 0 Å². The van der Waals surface area contributed by atoms with Gasteiger partial charge in [0.15, 0.2) is 9.84 Å². The van der Waals surface area contributed by atoms with Gasteiger partial charge in [-0.25, -0.2) is 8.42 Å². The zero-order valence-corrected chi connectivity index (χ0v) is 13.4. The summed E-state index contributed by atoms with van der Waals surface area (Å²) >= 11 is 3.00. The Morgan fingerprint density at radius 1 is 1.33 bits per heavy atom. The van der Waals surface area contributed by atoms with E-state index >= 15 is 0 Å². The van der Waals surface area contributed by atoms with Gasteiger partial charge in [0.1, 0.15) is 0 Å². The number of hydrogen-bond acceptors (Lipinski definition) is 3. The van der Waals surface area contributed by atoms with E-state index in [4.69, 9.17) is 0 Å². The summed E-state index contributed by atoms with van der Waals surface area (Å²) in [5, 5.41) is 2.29. The van der Waals surface area contributed by atoms with Gasteiger partial charge < -0.3 is 5.32 Å². The van der Waals surface area contributed by atoms with Crippen LogP contribution >= 0.6 is 15.9 Å². The molecule has 1 aromatic carbocycles. The van der Waals surface area contributed by atoms with Crippen molar-refractivity contribution in [2.75, 3.05) is 18.1 Å². The minimum Gasteiger partial charge on any atom is -0.351 e. The van der Waals surface area contributed by atoms with Gasteiger partial charge in [-0.1, -0.05) is 6.92 Å². The molecule has 0 heterocycles. The first-order valence-corrected chi connectivity index (χ1v) is 8.53. The topological polar surface area (TPSA) is 63.2 Å². The van der Waals surface area contributed by atoms with Gasteiger partial charge in [0.25, 0.3) is 5.91 Å². The quantitative estimate of drug-likeness (QED) is 0.844. The van der Waals surface area contributed by atoms with E-state index in [0.29, 0.717) is 6.07 Å². The van der Waals surface area contributed by atoms with Crippen LogP contribution in [0.15, 0.2) is 22.7 Å². The molecular formula is C12H13BrF3NO3S. The molecule has 0 aromatic heterocycles. The van der Waals surface area contributed by atoms with Crippen LogP contribution in [0.5, 0.6) is 0 Å². The van der Waals surface area contributed by atoms with Crippen LogP contribution < -0.4 is 5.32 Å². The number of rotatable bonds is 5. The molecule has 0 aliphatic rings. The third kappa shape index (κ3) is 5.31. The zero-order chi connectivity index (χ0) is 16.3. The van der Waals surface area contributed by atoms with Gasteiger partial charge in [-0.2, -0.15) is 13.2 Å². The standard InChI is InChI=1S/C12H13BrF3NO3S/c1-2-21(19,20)6-5-17-11(18)9-7-8(12(14,15)16)3-4-10(9)13/h3-4,7H,2,5-6H2,1H3,(H,17,18). The minimum atomic E-state index is -4.55. The summed E-state index contributed by atoms with van der Waals surface area (Å²) in [6.07, 6.45) is -4.55. The lowest BCUT2D eigenvalue weighted by Gasteiger charge is -2.11. The van der Waals surface area contributed by atoms with Crippen LogP contribution in [0.2, 0.25) is 0 Å². The molecule has 0 aliphatic heterocycles. The largest absolute Gasteiger partial charge is 0.416 e. The number of carbonyl (C=O) groups is 1. The van der Waals surface area contributed by atoms with Crippen LogP contribution in [-0.4, -0.2) is 32.4 Å². The van der Waals surface area contributed by atoms with E-state index in [1.807, 2.05) is 0 Å². The molecule has 0 bridgehead atoms. The highest BCUT2D eigenvalue weighted by molar-refractivity contribution is 9.10. The number of nitrogens with one attached hydrogen (secondary N) is 1. The maximum absolute atomic E-state index is 12.6. The average Bonchev–Trinajstić information content (AvgIpc) is 2.37. The number of benzene rings is 1. The fourth-order valence-corrected chi connectivity index (χ4v) is 2.56. The normalized spacial score (nSPS) is 12.2.